The van der Waals surface area contributed by atoms with Crippen LogP contribution in [0.15, 0.2) is 0 Å². The van der Waals surface area contributed by atoms with Crippen LogP contribution in [0, 0.1) is 17.3 Å². The molecule has 1 rings (SSSR count). The summed E-state index contributed by atoms with van der Waals surface area (Å²) in [6.45, 7) is 7.91. The van der Waals surface area contributed by atoms with Crippen LogP contribution in [-0.2, 0) is 4.79 Å². The van der Waals surface area contributed by atoms with Crippen molar-refractivity contribution < 1.29 is 4.79 Å². The standard InChI is InChI=1S/C11H22N2O/c1-8(6-12)4-10(14)13-7-9-5-11(9,2)3/h8-9H,4-7,12H2,1-3H3,(H,13,14). The summed E-state index contributed by atoms with van der Waals surface area (Å²) in [6, 6.07) is 0. The van der Waals surface area contributed by atoms with E-state index < -0.39 is 0 Å². The van der Waals surface area contributed by atoms with Crippen LogP contribution < -0.4 is 11.1 Å². The van der Waals surface area contributed by atoms with Crippen molar-refractivity contribution >= 4 is 5.91 Å². The highest BCUT2D eigenvalue weighted by Gasteiger charge is 2.45. The van der Waals surface area contributed by atoms with E-state index in [0.29, 0.717) is 30.2 Å². The van der Waals surface area contributed by atoms with E-state index in [1.807, 2.05) is 6.92 Å². The van der Waals surface area contributed by atoms with Crippen LogP contribution in [0.4, 0.5) is 0 Å². The first-order valence-corrected chi connectivity index (χ1v) is 5.42. The lowest BCUT2D eigenvalue weighted by Crippen LogP contribution is -2.29. The lowest BCUT2D eigenvalue weighted by molar-refractivity contribution is -0.121. The van der Waals surface area contributed by atoms with E-state index in [1.54, 1.807) is 0 Å². The molecule has 1 amide bonds. The molecule has 0 saturated heterocycles. The Morgan fingerprint density at radius 1 is 1.64 bits per heavy atom. The molecule has 0 aromatic heterocycles. The zero-order valence-electron chi connectivity index (χ0n) is 9.47. The van der Waals surface area contributed by atoms with Crippen LogP contribution in [-0.4, -0.2) is 19.0 Å². The predicted molar refractivity (Wildman–Crippen MR) is 57.7 cm³/mol. The maximum Gasteiger partial charge on any atom is 0.220 e. The van der Waals surface area contributed by atoms with Gasteiger partial charge in [-0.3, -0.25) is 4.79 Å². The molecule has 0 spiro atoms. The smallest absolute Gasteiger partial charge is 0.220 e. The van der Waals surface area contributed by atoms with Gasteiger partial charge in [-0.25, -0.2) is 0 Å². The molecule has 3 heteroatoms. The molecule has 0 aliphatic heterocycles. The predicted octanol–water partition coefficient (Wildman–Crippen LogP) is 1.13. The average Bonchev–Trinajstić information content (AvgIpc) is 2.70. The highest BCUT2D eigenvalue weighted by Crippen LogP contribution is 2.50. The highest BCUT2D eigenvalue weighted by molar-refractivity contribution is 5.76. The van der Waals surface area contributed by atoms with Gasteiger partial charge in [0.25, 0.3) is 0 Å². The third-order valence-electron chi connectivity index (χ3n) is 3.20. The maximum absolute atomic E-state index is 11.4. The topological polar surface area (TPSA) is 55.1 Å². The molecule has 1 aliphatic carbocycles. The van der Waals surface area contributed by atoms with Crippen molar-refractivity contribution in [1.29, 1.82) is 0 Å². The molecule has 1 fully saturated rings. The van der Waals surface area contributed by atoms with Gasteiger partial charge in [0.15, 0.2) is 0 Å². The van der Waals surface area contributed by atoms with E-state index in [0.717, 1.165) is 6.54 Å². The summed E-state index contributed by atoms with van der Waals surface area (Å²) in [6.07, 6.45) is 1.80. The Hall–Kier alpha value is -0.570. The zero-order chi connectivity index (χ0) is 10.8. The summed E-state index contributed by atoms with van der Waals surface area (Å²) < 4.78 is 0. The van der Waals surface area contributed by atoms with Gasteiger partial charge in [0.1, 0.15) is 0 Å². The van der Waals surface area contributed by atoms with Gasteiger partial charge in [-0.05, 0) is 30.2 Å². The van der Waals surface area contributed by atoms with Crippen molar-refractivity contribution in [3.63, 3.8) is 0 Å². The molecule has 0 radical (unpaired) electrons. The van der Waals surface area contributed by atoms with Crippen molar-refractivity contribution in [1.82, 2.24) is 5.32 Å². The van der Waals surface area contributed by atoms with Gasteiger partial charge in [-0.1, -0.05) is 20.8 Å². The maximum atomic E-state index is 11.4. The van der Waals surface area contributed by atoms with Crippen molar-refractivity contribution in [3.8, 4) is 0 Å². The van der Waals surface area contributed by atoms with E-state index in [9.17, 15) is 4.79 Å². The van der Waals surface area contributed by atoms with Gasteiger partial charge in [-0.15, -0.1) is 0 Å². The molecular weight excluding hydrogens is 176 g/mol. The Labute approximate surface area is 86.4 Å². The van der Waals surface area contributed by atoms with Gasteiger partial charge in [0.05, 0.1) is 0 Å². The van der Waals surface area contributed by atoms with Crippen LogP contribution in [0.3, 0.4) is 0 Å². The fourth-order valence-electron chi connectivity index (χ4n) is 1.63. The highest BCUT2D eigenvalue weighted by atomic mass is 16.1. The van der Waals surface area contributed by atoms with Gasteiger partial charge in [0, 0.05) is 13.0 Å². The van der Waals surface area contributed by atoms with Crippen LogP contribution >= 0.6 is 0 Å². The summed E-state index contributed by atoms with van der Waals surface area (Å²) in [4.78, 5) is 11.4. The van der Waals surface area contributed by atoms with Gasteiger partial charge >= 0.3 is 0 Å². The minimum atomic E-state index is 0.144. The normalized spacial score (nSPS) is 25.6. The summed E-state index contributed by atoms with van der Waals surface area (Å²) in [5, 5.41) is 2.97. The third kappa shape index (κ3) is 3.29. The molecule has 0 aromatic carbocycles. The lowest BCUT2D eigenvalue weighted by Gasteiger charge is -2.09. The molecule has 1 saturated carbocycles. The Kier molecular flexibility index (Phi) is 3.53. The second kappa shape index (κ2) is 4.30. The Morgan fingerprint density at radius 3 is 2.64 bits per heavy atom. The van der Waals surface area contributed by atoms with E-state index >= 15 is 0 Å². The molecule has 14 heavy (non-hydrogen) atoms. The number of nitrogens with one attached hydrogen (secondary N) is 1. The zero-order valence-corrected chi connectivity index (χ0v) is 9.47. The van der Waals surface area contributed by atoms with E-state index in [2.05, 4.69) is 19.2 Å². The molecule has 0 aromatic rings. The lowest BCUT2D eigenvalue weighted by atomic mass is 10.1. The van der Waals surface area contributed by atoms with Crippen molar-refractivity contribution in [3.05, 3.63) is 0 Å². The second-order valence-electron chi connectivity index (χ2n) is 5.24. The molecule has 1 aliphatic rings. The number of carbonyl (C=O) groups excluding carboxylic acids is 1. The molecule has 2 unspecified atom stereocenters. The third-order valence-corrected chi connectivity index (χ3v) is 3.20. The fourth-order valence-corrected chi connectivity index (χ4v) is 1.63. The molecule has 0 bridgehead atoms. The van der Waals surface area contributed by atoms with Crippen LogP contribution in [0.25, 0.3) is 0 Å². The number of hydrogen-bond acceptors (Lipinski definition) is 2. The Bertz CT molecular complexity index is 213. The molecule has 82 valence electrons. The van der Waals surface area contributed by atoms with Gasteiger partial charge in [-0.2, -0.15) is 0 Å². The molecule has 3 N–H and O–H groups in total. The quantitative estimate of drug-likeness (QED) is 0.696. The molecule has 2 atom stereocenters. The van der Waals surface area contributed by atoms with Crippen molar-refractivity contribution in [2.75, 3.05) is 13.1 Å². The average molecular weight is 198 g/mol. The summed E-state index contributed by atoms with van der Waals surface area (Å²) >= 11 is 0. The first-order chi connectivity index (χ1) is 6.45. The molecule has 3 nitrogen and oxygen atoms in total. The largest absolute Gasteiger partial charge is 0.356 e. The number of nitrogens with two attached hydrogens (primary N) is 1. The second-order valence-corrected chi connectivity index (χ2v) is 5.24. The Balaban J connectivity index is 2.10. The molecular formula is C11H22N2O. The first kappa shape index (κ1) is 11.5. The summed E-state index contributed by atoms with van der Waals surface area (Å²) in [5.74, 6) is 1.12. The minimum Gasteiger partial charge on any atom is -0.356 e. The Morgan fingerprint density at radius 2 is 2.21 bits per heavy atom. The van der Waals surface area contributed by atoms with E-state index in [1.165, 1.54) is 6.42 Å². The minimum absolute atomic E-state index is 0.144. The molecule has 0 heterocycles. The van der Waals surface area contributed by atoms with Crippen LogP contribution in [0.5, 0.6) is 0 Å². The summed E-state index contributed by atoms with van der Waals surface area (Å²) in [5.41, 5.74) is 5.90. The van der Waals surface area contributed by atoms with E-state index in [-0.39, 0.29) is 5.91 Å². The van der Waals surface area contributed by atoms with Crippen molar-refractivity contribution in [2.24, 2.45) is 23.0 Å². The van der Waals surface area contributed by atoms with Crippen molar-refractivity contribution in [2.45, 2.75) is 33.6 Å². The number of rotatable bonds is 5. The number of carbonyl (C=O) groups is 1. The van der Waals surface area contributed by atoms with Crippen LogP contribution in [0.2, 0.25) is 0 Å². The summed E-state index contributed by atoms with van der Waals surface area (Å²) in [7, 11) is 0. The number of amides is 1. The van der Waals surface area contributed by atoms with E-state index in [4.69, 9.17) is 5.73 Å². The monoisotopic (exact) mass is 198 g/mol. The SMILES string of the molecule is CC(CN)CC(=O)NCC1CC1(C)C. The fraction of sp³-hybridized carbons (Fsp3) is 0.909. The van der Waals surface area contributed by atoms with Crippen LogP contribution in [0.1, 0.15) is 33.6 Å². The number of hydrogen-bond donors (Lipinski definition) is 2. The van der Waals surface area contributed by atoms with Gasteiger partial charge < -0.3 is 11.1 Å². The van der Waals surface area contributed by atoms with Gasteiger partial charge in [0.2, 0.25) is 5.91 Å². The first-order valence-electron chi connectivity index (χ1n) is 5.42.